The van der Waals surface area contributed by atoms with Crippen molar-refractivity contribution in [3.63, 3.8) is 0 Å². The molecular formula is C15H14ClN3O. The summed E-state index contributed by atoms with van der Waals surface area (Å²) in [5, 5.41) is 3.67. The molecule has 0 aliphatic carbocycles. The minimum absolute atomic E-state index is 0.0690. The summed E-state index contributed by atoms with van der Waals surface area (Å²) in [7, 11) is 0. The van der Waals surface area contributed by atoms with Crippen LogP contribution in [0, 0.1) is 13.8 Å². The van der Waals surface area contributed by atoms with Crippen molar-refractivity contribution in [1.82, 2.24) is 14.6 Å². The second-order valence-electron chi connectivity index (χ2n) is 4.88. The van der Waals surface area contributed by atoms with Gasteiger partial charge in [0.1, 0.15) is 0 Å². The molecule has 2 aromatic heterocycles. The lowest BCUT2D eigenvalue weighted by molar-refractivity contribution is 0.847. The standard InChI is InChI=1S/C15H14ClN3O/c1-9-7-14-17-10(2)12(15(20)19(14)18-9)8-11-5-3-4-6-13(11)16/h3-7,18H,8H2,1-2H3. The van der Waals surface area contributed by atoms with Crippen molar-refractivity contribution in [2.45, 2.75) is 20.3 Å². The summed E-state index contributed by atoms with van der Waals surface area (Å²) in [4.78, 5) is 17.0. The number of fused-ring (bicyclic) bond motifs is 1. The fourth-order valence-electron chi connectivity index (χ4n) is 2.33. The van der Waals surface area contributed by atoms with Crippen LogP contribution in [0.5, 0.6) is 0 Å². The predicted octanol–water partition coefficient (Wildman–Crippen LogP) is 2.88. The van der Waals surface area contributed by atoms with Crippen molar-refractivity contribution in [1.29, 1.82) is 0 Å². The van der Waals surface area contributed by atoms with E-state index in [4.69, 9.17) is 11.6 Å². The van der Waals surface area contributed by atoms with Crippen LogP contribution in [0.15, 0.2) is 35.1 Å². The van der Waals surface area contributed by atoms with Crippen LogP contribution in [0.2, 0.25) is 5.02 Å². The SMILES string of the molecule is Cc1cc2nc(C)c(Cc3ccccc3Cl)c(=O)n2[nH]1. The second-order valence-corrected chi connectivity index (χ2v) is 5.29. The van der Waals surface area contributed by atoms with Crippen molar-refractivity contribution in [2.75, 3.05) is 0 Å². The van der Waals surface area contributed by atoms with Crippen LogP contribution in [0.1, 0.15) is 22.5 Å². The van der Waals surface area contributed by atoms with E-state index in [2.05, 4.69) is 10.1 Å². The zero-order valence-corrected chi connectivity index (χ0v) is 12.0. The van der Waals surface area contributed by atoms with E-state index in [1.54, 1.807) is 0 Å². The summed E-state index contributed by atoms with van der Waals surface area (Å²) in [5.74, 6) is 0. The van der Waals surface area contributed by atoms with Crippen molar-refractivity contribution in [3.8, 4) is 0 Å². The monoisotopic (exact) mass is 287 g/mol. The molecule has 1 N–H and O–H groups in total. The first-order valence-corrected chi connectivity index (χ1v) is 6.75. The van der Waals surface area contributed by atoms with Crippen molar-refractivity contribution in [2.24, 2.45) is 0 Å². The fourth-order valence-corrected chi connectivity index (χ4v) is 2.53. The maximum atomic E-state index is 12.5. The number of hydrogen-bond donors (Lipinski definition) is 1. The van der Waals surface area contributed by atoms with E-state index in [0.717, 1.165) is 17.0 Å². The Morgan fingerprint density at radius 3 is 2.80 bits per heavy atom. The van der Waals surface area contributed by atoms with E-state index < -0.39 is 0 Å². The molecular weight excluding hydrogens is 274 g/mol. The molecule has 3 rings (SSSR count). The van der Waals surface area contributed by atoms with Gasteiger partial charge in [-0.1, -0.05) is 29.8 Å². The van der Waals surface area contributed by atoms with E-state index >= 15 is 0 Å². The van der Waals surface area contributed by atoms with Crippen molar-refractivity contribution < 1.29 is 0 Å². The number of rotatable bonds is 2. The molecule has 0 aliphatic heterocycles. The first kappa shape index (κ1) is 12.9. The minimum Gasteiger partial charge on any atom is -0.294 e. The Morgan fingerprint density at radius 2 is 2.05 bits per heavy atom. The molecule has 0 spiro atoms. The average molecular weight is 288 g/mol. The highest BCUT2D eigenvalue weighted by Gasteiger charge is 2.13. The van der Waals surface area contributed by atoms with Crippen LogP contribution in [0.3, 0.4) is 0 Å². The van der Waals surface area contributed by atoms with Gasteiger partial charge in [-0.25, -0.2) is 9.50 Å². The van der Waals surface area contributed by atoms with Crippen LogP contribution in [-0.2, 0) is 6.42 Å². The Hall–Kier alpha value is -2.07. The minimum atomic E-state index is -0.0690. The third-order valence-electron chi connectivity index (χ3n) is 3.37. The molecule has 0 fully saturated rings. The Balaban J connectivity index is 2.17. The van der Waals surface area contributed by atoms with Crippen LogP contribution in [-0.4, -0.2) is 14.6 Å². The number of aromatic amines is 1. The lowest BCUT2D eigenvalue weighted by Gasteiger charge is -2.07. The number of aromatic nitrogens is 3. The Labute approximate surface area is 121 Å². The van der Waals surface area contributed by atoms with Crippen LogP contribution >= 0.6 is 11.6 Å². The van der Waals surface area contributed by atoms with E-state index in [-0.39, 0.29) is 5.56 Å². The average Bonchev–Trinajstić information content (AvgIpc) is 2.77. The predicted molar refractivity (Wildman–Crippen MR) is 79.5 cm³/mol. The van der Waals surface area contributed by atoms with Gasteiger partial charge < -0.3 is 0 Å². The van der Waals surface area contributed by atoms with Crippen LogP contribution in [0.25, 0.3) is 5.65 Å². The number of halogens is 1. The third kappa shape index (κ3) is 2.12. The Bertz CT molecular complexity index is 848. The number of nitrogens with one attached hydrogen (secondary N) is 1. The van der Waals surface area contributed by atoms with Gasteiger partial charge in [0.2, 0.25) is 0 Å². The summed E-state index contributed by atoms with van der Waals surface area (Å²) < 4.78 is 1.48. The normalized spacial score (nSPS) is 11.2. The van der Waals surface area contributed by atoms with Gasteiger partial charge in [-0.2, -0.15) is 0 Å². The molecule has 0 saturated heterocycles. The Kier molecular flexibility index (Phi) is 3.10. The zero-order valence-electron chi connectivity index (χ0n) is 11.3. The van der Waals surface area contributed by atoms with E-state index in [1.807, 2.05) is 44.2 Å². The fraction of sp³-hybridized carbons (Fsp3) is 0.200. The summed E-state index contributed by atoms with van der Waals surface area (Å²) in [6, 6.07) is 9.40. The maximum Gasteiger partial charge on any atom is 0.276 e. The molecule has 0 aliphatic rings. The van der Waals surface area contributed by atoms with E-state index in [9.17, 15) is 4.79 Å². The van der Waals surface area contributed by atoms with Gasteiger partial charge >= 0.3 is 0 Å². The topological polar surface area (TPSA) is 50.2 Å². The molecule has 1 aromatic carbocycles. The van der Waals surface area contributed by atoms with Crippen molar-refractivity contribution in [3.05, 3.63) is 68.2 Å². The number of nitrogens with zero attached hydrogens (tertiary/aromatic N) is 2. The first-order valence-electron chi connectivity index (χ1n) is 6.37. The van der Waals surface area contributed by atoms with Crippen molar-refractivity contribution >= 4 is 17.2 Å². The first-order chi connectivity index (χ1) is 9.56. The van der Waals surface area contributed by atoms with E-state index in [1.165, 1.54) is 4.52 Å². The van der Waals surface area contributed by atoms with Gasteiger partial charge in [-0.3, -0.25) is 9.89 Å². The van der Waals surface area contributed by atoms with Gasteiger partial charge in [0.25, 0.3) is 5.56 Å². The smallest absolute Gasteiger partial charge is 0.276 e. The summed E-state index contributed by atoms with van der Waals surface area (Å²) in [5.41, 5.74) is 3.82. The summed E-state index contributed by atoms with van der Waals surface area (Å²) in [6.45, 7) is 3.76. The second kappa shape index (κ2) is 4.80. The number of H-pyrrole nitrogens is 1. The van der Waals surface area contributed by atoms with Crippen LogP contribution < -0.4 is 5.56 Å². The highest BCUT2D eigenvalue weighted by atomic mass is 35.5. The lowest BCUT2D eigenvalue weighted by Crippen LogP contribution is -2.22. The number of hydrogen-bond acceptors (Lipinski definition) is 2. The largest absolute Gasteiger partial charge is 0.294 e. The highest BCUT2D eigenvalue weighted by Crippen LogP contribution is 2.18. The van der Waals surface area contributed by atoms with Gasteiger partial charge in [0.15, 0.2) is 5.65 Å². The molecule has 3 aromatic rings. The van der Waals surface area contributed by atoms with Crippen LogP contribution in [0.4, 0.5) is 0 Å². The van der Waals surface area contributed by atoms with E-state index in [0.29, 0.717) is 22.7 Å². The maximum absolute atomic E-state index is 12.5. The molecule has 0 unspecified atom stereocenters. The molecule has 5 heteroatoms. The molecule has 0 amide bonds. The molecule has 4 nitrogen and oxygen atoms in total. The van der Waals surface area contributed by atoms with Gasteiger partial charge in [-0.15, -0.1) is 0 Å². The zero-order chi connectivity index (χ0) is 14.3. The molecule has 0 bridgehead atoms. The highest BCUT2D eigenvalue weighted by molar-refractivity contribution is 6.31. The number of aryl methyl sites for hydroxylation is 2. The van der Waals surface area contributed by atoms with Gasteiger partial charge in [0, 0.05) is 34.5 Å². The third-order valence-corrected chi connectivity index (χ3v) is 3.74. The van der Waals surface area contributed by atoms with Gasteiger partial charge in [0.05, 0.1) is 0 Å². The molecule has 0 saturated carbocycles. The molecule has 102 valence electrons. The summed E-state index contributed by atoms with van der Waals surface area (Å²) >= 11 is 6.16. The Morgan fingerprint density at radius 1 is 1.30 bits per heavy atom. The van der Waals surface area contributed by atoms with Gasteiger partial charge in [-0.05, 0) is 25.5 Å². The lowest BCUT2D eigenvalue weighted by atomic mass is 10.1. The molecule has 0 atom stereocenters. The number of benzene rings is 1. The summed E-state index contributed by atoms with van der Waals surface area (Å²) in [6.07, 6.45) is 0.484. The molecule has 2 heterocycles. The molecule has 0 radical (unpaired) electrons. The quantitative estimate of drug-likeness (QED) is 0.788. The molecule has 20 heavy (non-hydrogen) atoms.